The summed E-state index contributed by atoms with van der Waals surface area (Å²) in [6, 6.07) is 25.2. The van der Waals surface area contributed by atoms with Gasteiger partial charge in [-0.3, -0.25) is 0 Å². The van der Waals surface area contributed by atoms with E-state index in [9.17, 15) is 13.2 Å². The topological polar surface area (TPSA) is 72.5 Å². The van der Waals surface area contributed by atoms with Crippen LogP contribution in [0.3, 0.4) is 0 Å². The molecule has 1 atom stereocenters. The number of benzene rings is 3. The van der Waals surface area contributed by atoms with E-state index < -0.39 is 22.0 Å². The number of carbonyl (C=O) groups excluding carboxylic acids is 1. The van der Waals surface area contributed by atoms with Crippen LogP contribution in [0.2, 0.25) is 0 Å². The second-order valence-corrected chi connectivity index (χ2v) is 8.42. The summed E-state index contributed by atoms with van der Waals surface area (Å²) in [5.74, 6) is -0.506. The van der Waals surface area contributed by atoms with Crippen molar-refractivity contribution < 1.29 is 17.9 Å². The van der Waals surface area contributed by atoms with Crippen LogP contribution in [0.4, 0.5) is 0 Å². The van der Waals surface area contributed by atoms with E-state index in [-0.39, 0.29) is 4.90 Å². The van der Waals surface area contributed by atoms with E-state index in [1.165, 1.54) is 31.4 Å². The average molecular weight is 422 g/mol. The number of rotatable bonds is 8. The van der Waals surface area contributed by atoms with Crippen LogP contribution in [0, 0.1) is 0 Å². The van der Waals surface area contributed by atoms with Crippen molar-refractivity contribution in [1.29, 1.82) is 0 Å². The molecule has 0 aliphatic heterocycles. The lowest BCUT2D eigenvalue weighted by molar-refractivity contribution is -0.134. The Balaban J connectivity index is 1.88. The van der Waals surface area contributed by atoms with Crippen molar-refractivity contribution in [1.82, 2.24) is 4.72 Å². The van der Waals surface area contributed by atoms with Gasteiger partial charge in [0.1, 0.15) is 0 Å². The second kappa shape index (κ2) is 10.0. The van der Waals surface area contributed by atoms with E-state index in [1.807, 2.05) is 60.7 Å². The quantitative estimate of drug-likeness (QED) is 0.438. The molecule has 6 heteroatoms. The number of nitrogens with one attached hydrogen (secondary N) is 1. The molecule has 1 N–H and O–H groups in total. The third-order valence-corrected chi connectivity index (χ3v) is 6.03. The molecule has 154 valence electrons. The molecule has 0 saturated heterocycles. The molecule has 0 aromatic heterocycles. The van der Waals surface area contributed by atoms with Crippen LogP contribution in [0.15, 0.2) is 95.9 Å². The van der Waals surface area contributed by atoms with E-state index in [0.717, 1.165) is 11.1 Å². The molecule has 0 radical (unpaired) electrons. The Morgan fingerprint density at radius 1 is 0.967 bits per heavy atom. The van der Waals surface area contributed by atoms with Crippen LogP contribution in [0.25, 0.3) is 6.08 Å². The van der Waals surface area contributed by atoms with Gasteiger partial charge in [-0.15, -0.1) is 0 Å². The summed E-state index contributed by atoms with van der Waals surface area (Å²) in [5.41, 5.74) is 2.50. The van der Waals surface area contributed by atoms with Gasteiger partial charge in [0.2, 0.25) is 10.0 Å². The van der Waals surface area contributed by atoms with Crippen LogP contribution in [0.5, 0.6) is 0 Å². The standard InChI is InChI=1S/C24H23NO4S/c1-29-24(26)16-15-20-11-8-14-22(17-20)30(27,28)25-23(21-12-6-3-7-13-21)18-19-9-4-2-5-10-19/h2-17,23,25H,18H2,1H3/b16-15+. The van der Waals surface area contributed by atoms with Gasteiger partial charge in [0, 0.05) is 6.08 Å². The van der Waals surface area contributed by atoms with E-state index in [4.69, 9.17) is 0 Å². The van der Waals surface area contributed by atoms with Crippen LogP contribution >= 0.6 is 0 Å². The molecule has 0 amide bonds. The Hall–Kier alpha value is -3.22. The first kappa shape index (κ1) is 21.5. The number of hydrogen-bond donors (Lipinski definition) is 1. The summed E-state index contributed by atoms with van der Waals surface area (Å²) in [5, 5.41) is 0. The minimum Gasteiger partial charge on any atom is -0.466 e. The van der Waals surface area contributed by atoms with Gasteiger partial charge in [-0.2, -0.15) is 0 Å². The molecule has 0 aliphatic rings. The van der Waals surface area contributed by atoms with Gasteiger partial charge in [0.15, 0.2) is 0 Å². The molecule has 3 aromatic carbocycles. The molecular weight excluding hydrogens is 398 g/mol. The van der Waals surface area contributed by atoms with Crippen molar-refractivity contribution in [2.24, 2.45) is 0 Å². The minimum atomic E-state index is -3.79. The highest BCUT2D eigenvalue weighted by Gasteiger charge is 2.22. The predicted molar refractivity (Wildman–Crippen MR) is 117 cm³/mol. The zero-order valence-corrected chi connectivity index (χ0v) is 17.4. The number of carbonyl (C=O) groups is 1. The van der Waals surface area contributed by atoms with Gasteiger partial charge in [-0.05, 0) is 41.3 Å². The molecule has 1 unspecified atom stereocenters. The molecule has 0 bridgehead atoms. The Morgan fingerprint density at radius 2 is 1.63 bits per heavy atom. The third kappa shape index (κ3) is 5.89. The van der Waals surface area contributed by atoms with Gasteiger partial charge >= 0.3 is 5.97 Å². The molecule has 0 fully saturated rings. The maximum absolute atomic E-state index is 13.1. The molecule has 3 rings (SSSR count). The zero-order valence-electron chi connectivity index (χ0n) is 16.6. The summed E-state index contributed by atoms with van der Waals surface area (Å²) in [6.07, 6.45) is 3.29. The zero-order chi connectivity index (χ0) is 21.4. The Morgan fingerprint density at radius 3 is 2.30 bits per heavy atom. The first-order chi connectivity index (χ1) is 14.5. The van der Waals surface area contributed by atoms with Crippen molar-refractivity contribution in [3.8, 4) is 0 Å². The minimum absolute atomic E-state index is 0.128. The molecule has 30 heavy (non-hydrogen) atoms. The van der Waals surface area contributed by atoms with Gasteiger partial charge < -0.3 is 4.74 Å². The largest absolute Gasteiger partial charge is 0.466 e. The molecule has 3 aromatic rings. The van der Waals surface area contributed by atoms with E-state index >= 15 is 0 Å². The fourth-order valence-electron chi connectivity index (χ4n) is 3.04. The lowest BCUT2D eigenvalue weighted by Crippen LogP contribution is -2.30. The van der Waals surface area contributed by atoms with Crippen molar-refractivity contribution in [2.75, 3.05) is 7.11 Å². The predicted octanol–water partition coefficient (Wildman–Crippen LogP) is 4.14. The fraction of sp³-hybridized carbons (Fsp3) is 0.125. The van der Waals surface area contributed by atoms with Gasteiger partial charge in [-0.25, -0.2) is 17.9 Å². The van der Waals surface area contributed by atoms with Crippen LogP contribution in [-0.4, -0.2) is 21.5 Å². The first-order valence-corrected chi connectivity index (χ1v) is 10.9. The molecule has 0 heterocycles. The monoisotopic (exact) mass is 421 g/mol. The van der Waals surface area contributed by atoms with Crippen molar-refractivity contribution in [3.05, 3.63) is 108 Å². The molecule has 0 spiro atoms. The van der Waals surface area contributed by atoms with E-state index in [1.54, 1.807) is 12.1 Å². The maximum atomic E-state index is 13.1. The van der Waals surface area contributed by atoms with Crippen molar-refractivity contribution in [3.63, 3.8) is 0 Å². The van der Waals surface area contributed by atoms with Crippen LogP contribution < -0.4 is 4.72 Å². The highest BCUT2D eigenvalue weighted by atomic mass is 32.2. The van der Waals surface area contributed by atoms with Gasteiger partial charge in [0.05, 0.1) is 18.0 Å². The Bertz CT molecular complexity index is 1110. The van der Waals surface area contributed by atoms with Crippen molar-refractivity contribution in [2.45, 2.75) is 17.4 Å². The Kier molecular flexibility index (Phi) is 7.17. The SMILES string of the molecule is COC(=O)/C=C/c1cccc(S(=O)(=O)NC(Cc2ccccc2)c2ccccc2)c1. The summed E-state index contributed by atoms with van der Waals surface area (Å²) < 4.78 is 33.7. The number of methoxy groups -OCH3 is 1. The number of sulfonamides is 1. The average Bonchev–Trinajstić information content (AvgIpc) is 2.78. The second-order valence-electron chi connectivity index (χ2n) is 6.70. The first-order valence-electron chi connectivity index (χ1n) is 9.45. The maximum Gasteiger partial charge on any atom is 0.330 e. The van der Waals surface area contributed by atoms with Gasteiger partial charge in [-0.1, -0.05) is 72.8 Å². The smallest absolute Gasteiger partial charge is 0.330 e. The molecule has 0 aliphatic carbocycles. The third-order valence-electron chi connectivity index (χ3n) is 4.56. The van der Waals surface area contributed by atoms with Crippen LogP contribution in [-0.2, 0) is 26.0 Å². The highest BCUT2D eigenvalue weighted by Crippen LogP contribution is 2.22. The number of hydrogen-bond acceptors (Lipinski definition) is 4. The lowest BCUT2D eigenvalue weighted by Gasteiger charge is -2.20. The highest BCUT2D eigenvalue weighted by molar-refractivity contribution is 7.89. The van der Waals surface area contributed by atoms with E-state index in [2.05, 4.69) is 9.46 Å². The molecule has 5 nitrogen and oxygen atoms in total. The van der Waals surface area contributed by atoms with Crippen LogP contribution in [0.1, 0.15) is 22.7 Å². The summed E-state index contributed by atoms with van der Waals surface area (Å²) in [6.45, 7) is 0. The normalized spacial score (nSPS) is 12.6. The Labute approximate surface area is 177 Å². The molecule has 0 saturated carbocycles. The van der Waals surface area contributed by atoms with Crippen molar-refractivity contribution >= 4 is 22.1 Å². The summed E-state index contributed by atoms with van der Waals surface area (Å²) in [7, 11) is -2.51. The fourth-order valence-corrected chi connectivity index (χ4v) is 4.31. The van der Waals surface area contributed by atoms with Gasteiger partial charge in [0.25, 0.3) is 0 Å². The number of esters is 1. The number of ether oxygens (including phenoxy) is 1. The van der Waals surface area contributed by atoms with E-state index in [0.29, 0.717) is 12.0 Å². The lowest BCUT2D eigenvalue weighted by atomic mass is 10.00. The summed E-state index contributed by atoms with van der Waals surface area (Å²) in [4.78, 5) is 11.4. The summed E-state index contributed by atoms with van der Waals surface area (Å²) >= 11 is 0. The molecular formula is C24H23NO4S.